The van der Waals surface area contributed by atoms with Crippen LogP contribution in [0.4, 0.5) is 0 Å². The van der Waals surface area contributed by atoms with E-state index >= 15 is 0 Å². The van der Waals surface area contributed by atoms with Gasteiger partial charge in [-0.05, 0) is 38.5 Å². The van der Waals surface area contributed by atoms with Crippen LogP contribution in [0.3, 0.4) is 0 Å². The van der Waals surface area contributed by atoms with Crippen LogP contribution in [0.15, 0.2) is 41.1 Å². The summed E-state index contributed by atoms with van der Waals surface area (Å²) in [5.41, 5.74) is 2.07. The van der Waals surface area contributed by atoms with Gasteiger partial charge in [-0.3, -0.25) is 4.98 Å². The van der Waals surface area contributed by atoms with Gasteiger partial charge in [-0.1, -0.05) is 28.1 Å². The summed E-state index contributed by atoms with van der Waals surface area (Å²) in [6.45, 7) is 7.55. The molecule has 4 nitrogen and oxygen atoms in total. The van der Waals surface area contributed by atoms with E-state index in [0.717, 1.165) is 15.7 Å². The molecule has 0 unspecified atom stereocenters. The molecule has 0 aliphatic carbocycles. The Bertz CT molecular complexity index is 562. The highest BCUT2D eigenvalue weighted by atomic mass is 79.9. The topological polar surface area (TPSA) is 47.0 Å². The van der Waals surface area contributed by atoms with E-state index in [2.05, 4.69) is 52.0 Å². The molecular weight excluding hydrogens is 330 g/mol. The lowest BCUT2D eigenvalue weighted by Gasteiger charge is -2.19. The molecule has 21 heavy (non-hydrogen) atoms. The van der Waals surface area contributed by atoms with Crippen LogP contribution in [-0.2, 0) is 13.2 Å². The molecule has 0 bridgehead atoms. The van der Waals surface area contributed by atoms with Gasteiger partial charge in [-0.2, -0.15) is 0 Å². The average Bonchev–Trinajstić information content (AvgIpc) is 2.45. The van der Waals surface area contributed by atoms with Crippen LogP contribution in [0.5, 0.6) is 5.88 Å². The summed E-state index contributed by atoms with van der Waals surface area (Å²) in [5, 5.41) is 3.37. The molecule has 0 aliphatic heterocycles. The van der Waals surface area contributed by atoms with Crippen molar-refractivity contribution in [1.29, 1.82) is 0 Å². The molecule has 0 amide bonds. The van der Waals surface area contributed by atoms with Crippen LogP contribution in [0.25, 0.3) is 0 Å². The first-order valence-corrected chi connectivity index (χ1v) is 7.65. The standard InChI is InChI=1S/C16H20BrN3O/c1-16(2,3)20-9-14-8-19-15(10-18-14)21-11-12-4-6-13(17)7-5-12/h4-8,10,20H,9,11H2,1-3H3. The van der Waals surface area contributed by atoms with Gasteiger partial charge in [0, 0.05) is 16.6 Å². The van der Waals surface area contributed by atoms with E-state index in [9.17, 15) is 0 Å². The largest absolute Gasteiger partial charge is 0.472 e. The van der Waals surface area contributed by atoms with Crippen LogP contribution in [0.1, 0.15) is 32.0 Å². The van der Waals surface area contributed by atoms with Gasteiger partial charge in [0.25, 0.3) is 0 Å². The first-order chi connectivity index (χ1) is 9.92. The molecule has 0 radical (unpaired) electrons. The van der Waals surface area contributed by atoms with E-state index in [1.54, 1.807) is 12.4 Å². The average molecular weight is 350 g/mol. The van der Waals surface area contributed by atoms with Gasteiger partial charge in [0.15, 0.2) is 0 Å². The Morgan fingerprint density at radius 1 is 1.10 bits per heavy atom. The first kappa shape index (κ1) is 15.9. The molecule has 0 atom stereocenters. The van der Waals surface area contributed by atoms with E-state index in [4.69, 9.17) is 4.74 Å². The number of halogens is 1. The van der Waals surface area contributed by atoms with Gasteiger partial charge in [0.05, 0.1) is 18.1 Å². The van der Waals surface area contributed by atoms with Crippen LogP contribution < -0.4 is 10.1 Å². The number of rotatable bonds is 5. The maximum atomic E-state index is 5.62. The zero-order chi connectivity index (χ0) is 15.3. The van der Waals surface area contributed by atoms with Gasteiger partial charge in [-0.25, -0.2) is 4.98 Å². The third-order valence-electron chi connectivity index (χ3n) is 2.78. The molecule has 1 heterocycles. The highest BCUT2D eigenvalue weighted by Gasteiger charge is 2.09. The fraction of sp³-hybridized carbons (Fsp3) is 0.375. The van der Waals surface area contributed by atoms with E-state index in [1.807, 2.05) is 24.3 Å². The highest BCUT2D eigenvalue weighted by molar-refractivity contribution is 9.10. The van der Waals surface area contributed by atoms with Crippen molar-refractivity contribution in [2.45, 2.75) is 39.5 Å². The Labute approximate surface area is 134 Å². The lowest BCUT2D eigenvalue weighted by Crippen LogP contribution is -2.35. The van der Waals surface area contributed by atoms with Crippen molar-refractivity contribution in [3.63, 3.8) is 0 Å². The molecule has 2 aromatic rings. The van der Waals surface area contributed by atoms with Crippen molar-refractivity contribution < 1.29 is 4.74 Å². The first-order valence-electron chi connectivity index (χ1n) is 6.85. The van der Waals surface area contributed by atoms with Crippen LogP contribution in [0.2, 0.25) is 0 Å². The van der Waals surface area contributed by atoms with Gasteiger partial charge < -0.3 is 10.1 Å². The number of hydrogen-bond donors (Lipinski definition) is 1. The van der Waals surface area contributed by atoms with Crippen LogP contribution in [-0.4, -0.2) is 15.5 Å². The summed E-state index contributed by atoms with van der Waals surface area (Å²) in [6.07, 6.45) is 3.41. The van der Waals surface area contributed by atoms with Gasteiger partial charge in [0.2, 0.25) is 5.88 Å². The minimum atomic E-state index is 0.0679. The van der Waals surface area contributed by atoms with E-state index < -0.39 is 0 Å². The number of nitrogens with one attached hydrogen (secondary N) is 1. The molecule has 0 saturated heterocycles. The van der Waals surface area contributed by atoms with Crippen molar-refractivity contribution in [2.75, 3.05) is 0 Å². The van der Waals surface area contributed by atoms with Crippen molar-refractivity contribution in [1.82, 2.24) is 15.3 Å². The molecule has 1 aromatic carbocycles. The molecule has 5 heteroatoms. The summed E-state index contributed by atoms with van der Waals surface area (Å²) >= 11 is 3.41. The minimum absolute atomic E-state index is 0.0679. The quantitative estimate of drug-likeness (QED) is 0.893. The van der Waals surface area contributed by atoms with Crippen molar-refractivity contribution in [3.05, 3.63) is 52.4 Å². The monoisotopic (exact) mass is 349 g/mol. The fourth-order valence-corrected chi connectivity index (χ4v) is 1.87. The molecule has 0 spiro atoms. The van der Waals surface area contributed by atoms with E-state index in [0.29, 0.717) is 19.0 Å². The maximum absolute atomic E-state index is 5.62. The Balaban J connectivity index is 1.86. The second kappa shape index (κ2) is 7.00. The number of benzene rings is 1. The lowest BCUT2D eigenvalue weighted by atomic mass is 10.1. The Hall–Kier alpha value is -1.46. The normalized spacial score (nSPS) is 11.4. The maximum Gasteiger partial charge on any atom is 0.232 e. The smallest absolute Gasteiger partial charge is 0.232 e. The molecular formula is C16H20BrN3O. The van der Waals surface area contributed by atoms with E-state index in [-0.39, 0.29) is 5.54 Å². The lowest BCUT2D eigenvalue weighted by molar-refractivity contribution is 0.292. The van der Waals surface area contributed by atoms with Crippen molar-refractivity contribution >= 4 is 15.9 Å². The molecule has 0 aliphatic rings. The fourth-order valence-electron chi connectivity index (χ4n) is 1.60. The minimum Gasteiger partial charge on any atom is -0.472 e. The molecule has 112 valence electrons. The number of nitrogens with zero attached hydrogens (tertiary/aromatic N) is 2. The molecule has 1 aromatic heterocycles. The van der Waals surface area contributed by atoms with Crippen LogP contribution in [0, 0.1) is 0 Å². The number of ether oxygens (including phenoxy) is 1. The predicted octanol–water partition coefficient (Wildman–Crippen LogP) is 3.71. The molecule has 0 saturated carbocycles. The SMILES string of the molecule is CC(C)(C)NCc1cnc(OCc2ccc(Br)cc2)cn1. The molecule has 1 N–H and O–H groups in total. The number of aromatic nitrogens is 2. The van der Waals surface area contributed by atoms with Crippen molar-refractivity contribution in [3.8, 4) is 5.88 Å². The van der Waals surface area contributed by atoms with Crippen LogP contribution >= 0.6 is 15.9 Å². The van der Waals surface area contributed by atoms with Gasteiger partial charge in [-0.15, -0.1) is 0 Å². The summed E-state index contributed by atoms with van der Waals surface area (Å²) < 4.78 is 6.68. The third kappa shape index (κ3) is 5.81. The second-order valence-electron chi connectivity index (χ2n) is 5.86. The highest BCUT2D eigenvalue weighted by Crippen LogP contribution is 2.13. The van der Waals surface area contributed by atoms with Gasteiger partial charge >= 0.3 is 0 Å². The van der Waals surface area contributed by atoms with E-state index in [1.165, 1.54) is 0 Å². The third-order valence-corrected chi connectivity index (χ3v) is 3.31. The Morgan fingerprint density at radius 3 is 2.38 bits per heavy atom. The second-order valence-corrected chi connectivity index (χ2v) is 6.78. The Kier molecular flexibility index (Phi) is 5.31. The Morgan fingerprint density at radius 2 is 1.81 bits per heavy atom. The number of hydrogen-bond acceptors (Lipinski definition) is 4. The zero-order valence-corrected chi connectivity index (χ0v) is 14.1. The summed E-state index contributed by atoms with van der Waals surface area (Å²) in [7, 11) is 0. The predicted molar refractivity (Wildman–Crippen MR) is 87.1 cm³/mol. The summed E-state index contributed by atoms with van der Waals surface area (Å²) in [6, 6.07) is 8.01. The van der Waals surface area contributed by atoms with Gasteiger partial charge in [0.1, 0.15) is 6.61 Å². The summed E-state index contributed by atoms with van der Waals surface area (Å²) in [5.74, 6) is 0.539. The molecule has 2 rings (SSSR count). The van der Waals surface area contributed by atoms with Crippen molar-refractivity contribution in [2.24, 2.45) is 0 Å². The zero-order valence-electron chi connectivity index (χ0n) is 12.6. The molecule has 0 fully saturated rings. The summed E-state index contributed by atoms with van der Waals surface area (Å²) in [4.78, 5) is 8.63.